The topological polar surface area (TPSA) is 55.5 Å². The summed E-state index contributed by atoms with van der Waals surface area (Å²) in [6.07, 6.45) is 4.73. The molecule has 0 amide bonds. The summed E-state index contributed by atoms with van der Waals surface area (Å²) in [5.41, 5.74) is 4.77. The van der Waals surface area contributed by atoms with E-state index in [1.54, 1.807) is 6.92 Å². The van der Waals surface area contributed by atoms with Crippen molar-refractivity contribution in [3.63, 3.8) is 0 Å². The van der Waals surface area contributed by atoms with Crippen molar-refractivity contribution in [1.82, 2.24) is 0 Å². The van der Waals surface area contributed by atoms with Crippen LogP contribution in [-0.2, 0) is 4.74 Å². The van der Waals surface area contributed by atoms with Crippen molar-refractivity contribution in [2.24, 2.45) is 5.73 Å². The number of rotatable bonds is 7. The Morgan fingerprint density at radius 3 is 3.00 bits per heavy atom. The molecule has 1 saturated heterocycles. The normalized spacial score (nSPS) is 25.4. The van der Waals surface area contributed by atoms with E-state index in [-0.39, 0.29) is 0 Å². The first kappa shape index (κ1) is 13.3. The van der Waals surface area contributed by atoms with E-state index in [9.17, 15) is 5.11 Å². The molecule has 0 saturated carbocycles. The molecule has 15 heavy (non-hydrogen) atoms. The Labute approximate surface area is 96.8 Å². The molecule has 0 aromatic heterocycles. The molecule has 0 aliphatic carbocycles. The van der Waals surface area contributed by atoms with Gasteiger partial charge in [-0.25, -0.2) is 0 Å². The number of nitrogens with two attached hydrogens (primary N) is 1. The molecule has 1 heterocycles. The third-order valence-electron chi connectivity index (χ3n) is 2.77. The van der Waals surface area contributed by atoms with Gasteiger partial charge in [0.2, 0.25) is 0 Å². The van der Waals surface area contributed by atoms with Crippen molar-refractivity contribution >= 4 is 11.8 Å². The van der Waals surface area contributed by atoms with Gasteiger partial charge >= 0.3 is 0 Å². The molecule has 0 radical (unpaired) electrons. The van der Waals surface area contributed by atoms with E-state index in [2.05, 4.69) is 0 Å². The summed E-state index contributed by atoms with van der Waals surface area (Å²) in [6.45, 7) is 3.09. The molecule has 1 rings (SSSR count). The van der Waals surface area contributed by atoms with E-state index in [4.69, 9.17) is 10.5 Å². The van der Waals surface area contributed by atoms with Gasteiger partial charge in [0.25, 0.3) is 0 Å². The van der Waals surface area contributed by atoms with Crippen LogP contribution in [0.15, 0.2) is 0 Å². The third-order valence-corrected chi connectivity index (χ3v) is 3.96. The molecular formula is C11H23NO2S. The van der Waals surface area contributed by atoms with Gasteiger partial charge in [-0.05, 0) is 38.4 Å². The first-order valence-corrected chi connectivity index (χ1v) is 6.91. The first-order valence-electron chi connectivity index (χ1n) is 5.76. The van der Waals surface area contributed by atoms with Crippen LogP contribution in [0.3, 0.4) is 0 Å². The van der Waals surface area contributed by atoms with E-state index in [1.807, 2.05) is 11.8 Å². The molecule has 2 atom stereocenters. The van der Waals surface area contributed by atoms with Crippen LogP contribution in [0, 0.1) is 0 Å². The largest absolute Gasteiger partial charge is 0.389 e. The zero-order chi connectivity index (χ0) is 11.1. The number of hydrogen-bond acceptors (Lipinski definition) is 4. The van der Waals surface area contributed by atoms with Crippen LogP contribution in [0.2, 0.25) is 0 Å². The Morgan fingerprint density at radius 2 is 2.40 bits per heavy atom. The minimum atomic E-state index is -0.676. The zero-order valence-electron chi connectivity index (χ0n) is 9.58. The summed E-state index contributed by atoms with van der Waals surface area (Å²) >= 11 is 1.92. The van der Waals surface area contributed by atoms with Crippen molar-refractivity contribution in [3.05, 3.63) is 0 Å². The fourth-order valence-corrected chi connectivity index (χ4v) is 2.69. The first-order chi connectivity index (χ1) is 7.14. The van der Waals surface area contributed by atoms with E-state index >= 15 is 0 Å². The molecule has 3 N–H and O–H groups in total. The monoisotopic (exact) mass is 233 g/mol. The van der Waals surface area contributed by atoms with Crippen LogP contribution in [0.25, 0.3) is 0 Å². The van der Waals surface area contributed by atoms with Gasteiger partial charge in [-0.2, -0.15) is 11.8 Å². The van der Waals surface area contributed by atoms with Gasteiger partial charge in [0.15, 0.2) is 0 Å². The van der Waals surface area contributed by atoms with Gasteiger partial charge in [0.05, 0.1) is 11.7 Å². The molecule has 0 aromatic carbocycles. The minimum absolute atomic E-state index is 0.351. The maximum Gasteiger partial charge on any atom is 0.0741 e. The average molecular weight is 233 g/mol. The van der Waals surface area contributed by atoms with Crippen LogP contribution in [0.1, 0.15) is 32.6 Å². The average Bonchev–Trinajstić information content (AvgIpc) is 2.70. The lowest BCUT2D eigenvalue weighted by Crippen LogP contribution is -2.34. The molecule has 4 heteroatoms. The number of hydrogen-bond donors (Lipinski definition) is 2. The Morgan fingerprint density at radius 1 is 1.60 bits per heavy atom. The molecule has 3 nitrogen and oxygen atoms in total. The van der Waals surface area contributed by atoms with Gasteiger partial charge in [-0.15, -0.1) is 0 Å². The van der Waals surface area contributed by atoms with E-state index in [0.717, 1.165) is 31.0 Å². The van der Waals surface area contributed by atoms with Crippen LogP contribution in [0.4, 0.5) is 0 Å². The van der Waals surface area contributed by atoms with Crippen LogP contribution in [0.5, 0.6) is 0 Å². The highest BCUT2D eigenvalue weighted by atomic mass is 32.2. The minimum Gasteiger partial charge on any atom is -0.389 e. The predicted molar refractivity (Wildman–Crippen MR) is 65.2 cm³/mol. The summed E-state index contributed by atoms with van der Waals surface area (Å²) in [5.74, 6) is 2.20. The number of thioether (sulfide) groups is 1. The summed E-state index contributed by atoms with van der Waals surface area (Å²) in [5, 5.41) is 9.68. The third kappa shape index (κ3) is 5.76. The van der Waals surface area contributed by atoms with Gasteiger partial charge in [-0.1, -0.05) is 0 Å². The van der Waals surface area contributed by atoms with Gasteiger partial charge < -0.3 is 15.6 Å². The van der Waals surface area contributed by atoms with Crippen molar-refractivity contribution in [2.75, 3.05) is 24.7 Å². The maximum absolute atomic E-state index is 9.68. The highest BCUT2D eigenvalue weighted by Gasteiger charge is 2.18. The lowest BCUT2D eigenvalue weighted by Gasteiger charge is -2.20. The fourth-order valence-electron chi connectivity index (χ4n) is 1.65. The molecule has 1 aliphatic rings. The summed E-state index contributed by atoms with van der Waals surface area (Å²) < 4.78 is 5.53. The second kappa shape index (κ2) is 6.74. The van der Waals surface area contributed by atoms with Crippen LogP contribution in [-0.4, -0.2) is 41.5 Å². The predicted octanol–water partition coefficient (Wildman–Crippen LogP) is 1.39. The summed E-state index contributed by atoms with van der Waals surface area (Å²) in [4.78, 5) is 0. The van der Waals surface area contributed by atoms with Crippen molar-refractivity contribution < 1.29 is 9.84 Å². The van der Waals surface area contributed by atoms with Crippen molar-refractivity contribution in [2.45, 2.75) is 44.3 Å². The number of ether oxygens (including phenoxy) is 1. The number of aliphatic hydroxyl groups is 1. The Bertz CT molecular complexity index is 170. The summed E-state index contributed by atoms with van der Waals surface area (Å²) in [7, 11) is 0. The molecule has 1 fully saturated rings. The van der Waals surface area contributed by atoms with Crippen molar-refractivity contribution in [1.29, 1.82) is 0 Å². The zero-order valence-corrected chi connectivity index (χ0v) is 10.4. The van der Waals surface area contributed by atoms with E-state index in [0.29, 0.717) is 12.6 Å². The highest BCUT2D eigenvalue weighted by Crippen LogP contribution is 2.19. The molecule has 0 aromatic rings. The quantitative estimate of drug-likeness (QED) is 0.652. The molecule has 2 unspecified atom stereocenters. The molecule has 1 aliphatic heterocycles. The smallest absolute Gasteiger partial charge is 0.0741 e. The second-order valence-electron chi connectivity index (χ2n) is 4.51. The molecular weight excluding hydrogens is 210 g/mol. The fraction of sp³-hybridized carbons (Fsp3) is 1.00. The van der Waals surface area contributed by atoms with E-state index in [1.165, 1.54) is 12.8 Å². The Kier molecular flexibility index (Phi) is 5.97. The van der Waals surface area contributed by atoms with Crippen molar-refractivity contribution in [3.8, 4) is 0 Å². The second-order valence-corrected chi connectivity index (χ2v) is 5.66. The maximum atomic E-state index is 9.68. The highest BCUT2D eigenvalue weighted by molar-refractivity contribution is 7.99. The van der Waals surface area contributed by atoms with Gasteiger partial charge in [0, 0.05) is 18.9 Å². The lowest BCUT2D eigenvalue weighted by atomic mass is 10.0. The molecule has 0 spiro atoms. The van der Waals surface area contributed by atoms with Crippen LogP contribution >= 0.6 is 11.8 Å². The lowest BCUT2D eigenvalue weighted by molar-refractivity contribution is 0.0595. The van der Waals surface area contributed by atoms with Gasteiger partial charge in [-0.3, -0.25) is 0 Å². The van der Waals surface area contributed by atoms with E-state index < -0.39 is 5.60 Å². The van der Waals surface area contributed by atoms with Crippen LogP contribution < -0.4 is 5.73 Å². The standard InChI is InChI=1S/C11H23NO2S/c1-11(13,9-12)5-3-7-15-8-10-4-2-6-14-10/h10,13H,2-9,12H2,1H3. The molecule has 90 valence electrons. The van der Waals surface area contributed by atoms with Gasteiger partial charge in [0.1, 0.15) is 0 Å². The Balaban J connectivity index is 1.92. The SMILES string of the molecule is CC(O)(CN)CCCSCC1CCCO1. The Hall–Kier alpha value is 0.230. The molecule has 0 bridgehead atoms. The summed E-state index contributed by atoms with van der Waals surface area (Å²) in [6, 6.07) is 0.